The quantitative estimate of drug-likeness (QED) is 0.664. The predicted octanol–water partition coefficient (Wildman–Crippen LogP) is 1.97. The van der Waals surface area contributed by atoms with Gasteiger partial charge in [-0.25, -0.2) is 4.79 Å². The Morgan fingerprint density at radius 3 is 2.41 bits per heavy atom. The van der Waals surface area contributed by atoms with Crippen LogP contribution >= 0.6 is 0 Å². The van der Waals surface area contributed by atoms with Crippen LogP contribution in [0.1, 0.15) is 5.56 Å². The van der Waals surface area contributed by atoms with Crippen molar-refractivity contribution in [3.8, 4) is 5.75 Å². The van der Waals surface area contributed by atoms with Crippen LogP contribution in [0.5, 0.6) is 5.75 Å². The van der Waals surface area contributed by atoms with Gasteiger partial charge < -0.3 is 4.74 Å². The third kappa shape index (κ3) is 4.65. The average Bonchev–Trinajstić information content (AvgIpc) is 2.81. The number of para-hydroxylation sites is 1. The number of carbonyl (C=O) groups is 1. The van der Waals surface area contributed by atoms with Gasteiger partial charge in [0, 0.05) is 56.9 Å². The third-order valence-electron chi connectivity index (χ3n) is 1.99. The fraction of sp³-hybridized carbons (Fsp3) is 0.0833. The van der Waals surface area contributed by atoms with Gasteiger partial charge in [-0.2, -0.15) is 9.98 Å². The van der Waals surface area contributed by atoms with Gasteiger partial charge in [0.25, 0.3) is 0 Å². The van der Waals surface area contributed by atoms with Crippen LogP contribution in [0, 0.1) is 0 Å². The number of fused-ring (bicyclic) bond motifs is 1. The van der Waals surface area contributed by atoms with Crippen LogP contribution < -0.4 is 4.74 Å². The van der Waals surface area contributed by atoms with Gasteiger partial charge in [0.1, 0.15) is 12.4 Å². The summed E-state index contributed by atoms with van der Waals surface area (Å²) in [7, 11) is 0. The molecule has 81 valence electrons. The van der Waals surface area contributed by atoms with E-state index in [1.54, 1.807) is 0 Å². The van der Waals surface area contributed by atoms with Crippen molar-refractivity contribution >= 4 is 75.9 Å². The second-order valence-electron chi connectivity index (χ2n) is 3.09. The monoisotopic (exact) mass is 253 g/mol. The Bertz CT molecular complexity index is 467. The molecule has 2 aliphatic rings. The molecule has 2 heterocycles. The maximum absolute atomic E-state index is 9.85. The number of ether oxygens (including phenoxy) is 1. The first kappa shape index (κ1) is 14.5. The van der Waals surface area contributed by atoms with Crippen LogP contribution in [0.4, 0.5) is 4.79 Å². The standard InChI is InChI=1S/C9H8O.C3H2N2O.K/c1-2-6-9-8(4-1)5-3-7-10-9;6-3-4-1-2-5-3;/h1-6H,7H2;1-2H;. The fourth-order valence-electron chi connectivity index (χ4n) is 1.29. The van der Waals surface area contributed by atoms with Crippen molar-refractivity contribution in [1.82, 2.24) is 0 Å². The summed E-state index contributed by atoms with van der Waals surface area (Å²) in [5.74, 6) is 0.991. The summed E-state index contributed by atoms with van der Waals surface area (Å²) in [5.41, 5.74) is 1.17. The van der Waals surface area contributed by atoms with Gasteiger partial charge in [-0.05, 0) is 12.1 Å². The molecular formula is C12H10KN2O2. The van der Waals surface area contributed by atoms with Crippen molar-refractivity contribution in [2.24, 2.45) is 9.98 Å². The van der Waals surface area contributed by atoms with E-state index in [2.05, 4.69) is 16.1 Å². The van der Waals surface area contributed by atoms with Gasteiger partial charge in [0.05, 0.1) is 12.4 Å². The molecule has 0 N–H and O–H groups in total. The topological polar surface area (TPSA) is 51.0 Å². The second-order valence-corrected chi connectivity index (χ2v) is 3.09. The van der Waals surface area contributed by atoms with Crippen molar-refractivity contribution < 1.29 is 9.53 Å². The number of benzene rings is 1. The normalized spacial score (nSPS) is 14.2. The molecule has 0 fully saturated rings. The van der Waals surface area contributed by atoms with Gasteiger partial charge in [-0.1, -0.05) is 24.3 Å². The molecule has 0 saturated heterocycles. The molecule has 0 bridgehead atoms. The first-order valence-electron chi connectivity index (χ1n) is 4.85. The first-order valence-corrected chi connectivity index (χ1v) is 4.85. The van der Waals surface area contributed by atoms with Gasteiger partial charge in [0.2, 0.25) is 0 Å². The van der Waals surface area contributed by atoms with Crippen molar-refractivity contribution in [1.29, 1.82) is 0 Å². The summed E-state index contributed by atoms with van der Waals surface area (Å²) in [6, 6.07) is 7.62. The molecule has 5 heteroatoms. The zero-order chi connectivity index (χ0) is 11.2. The molecule has 3 rings (SSSR count). The Morgan fingerprint density at radius 1 is 1.12 bits per heavy atom. The zero-order valence-corrected chi connectivity index (χ0v) is 12.7. The molecule has 0 spiro atoms. The molecule has 0 atom stereocenters. The molecule has 0 aliphatic carbocycles. The van der Waals surface area contributed by atoms with Crippen LogP contribution in [-0.4, -0.2) is 76.5 Å². The molecule has 1 radical (unpaired) electrons. The molecule has 0 unspecified atom stereocenters. The molecule has 1 aromatic rings. The van der Waals surface area contributed by atoms with Gasteiger partial charge in [0.15, 0.2) is 0 Å². The van der Waals surface area contributed by atoms with E-state index in [9.17, 15) is 4.79 Å². The number of hydrogen-bond acceptors (Lipinski definition) is 2. The largest absolute Gasteiger partial charge is 0.489 e. The van der Waals surface area contributed by atoms with E-state index < -0.39 is 6.03 Å². The summed E-state index contributed by atoms with van der Waals surface area (Å²) < 4.78 is 5.34. The molecule has 0 aromatic heterocycles. The number of hydrogen-bond donors (Lipinski definition) is 0. The van der Waals surface area contributed by atoms with Crippen molar-refractivity contribution in [2.45, 2.75) is 0 Å². The summed E-state index contributed by atoms with van der Waals surface area (Å²) in [6.07, 6.45) is 6.83. The number of aliphatic imine (C=N–C) groups is 2. The number of urea groups is 1. The van der Waals surface area contributed by atoms with E-state index in [1.165, 1.54) is 18.0 Å². The smallest absolute Gasteiger partial charge is 0.367 e. The van der Waals surface area contributed by atoms with Crippen molar-refractivity contribution in [2.75, 3.05) is 6.61 Å². The van der Waals surface area contributed by atoms with Crippen LogP contribution in [0.25, 0.3) is 6.08 Å². The van der Waals surface area contributed by atoms with Crippen LogP contribution in [0.3, 0.4) is 0 Å². The molecule has 2 aliphatic heterocycles. The summed E-state index contributed by atoms with van der Waals surface area (Å²) in [5, 5.41) is 0. The molecule has 0 saturated carbocycles. The van der Waals surface area contributed by atoms with Crippen molar-refractivity contribution in [3.63, 3.8) is 0 Å². The number of amides is 2. The Labute approximate surface area is 142 Å². The van der Waals surface area contributed by atoms with Gasteiger partial charge in [-0.3, -0.25) is 0 Å². The zero-order valence-electron chi connectivity index (χ0n) is 9.54. The SMILES string of the molecule is C1=Cc2ccccc2OC1.O=C1N=CC=N1.[K]. The number of nitrogens with zero attached hydrogens (tertiary/aromatic N) is 2. The van der Waals surface area contributed by atoms with Crippen LogP contribution in [0.2, 0.25) is 0 Å². The Balaban J connectivity index is 0.000000180. The Hall–Kier alpha value is -0.594. The molecule has 1 aromatic carbocycles. The Morgan fingerprint density at radius 2 is 1.82 bits per heavy atom. The molecule has 4 nitrogen and oxygen atoms in total. The van der Waals surface area contributed by atoms with E-state index in [-0.39, 0.29) is 51.4 Å². The van der Waals surface area contributed by atoms with Gasteiger partial charge in [-0.15, -0.1) is 0 Å². The minimum absolute atomic E-state index is 0. The molecular weight excluding hydrogens is 243 g/mol. The van der Waals surface area contributed by atoms with E-state index >= 15 is 0 Å². The van der Waals surface area contributed by atoms with E-state index in [0.717, 1.165) is 5.75 Å². The fourth-order valence-corrected chi connectivity index (χ4v) is 1.29. The van der Waals surface area contributed by atoms with Crippen molar-refractivity contribution in [3.05, 3.63) is 35.9 Å². The van der Waals surface area contributed by atoms with Crippen LogP contribution in [-0.2, 0) is 0 Å². The van der Waals surface area contributed by atoms with E-state index in [4.69, 9.17) is 4.74 Å². The van der Waals surface area contributed by atoms with Crippen LogP contribution in [0.15, 0.2) is 40.3 Å². The number of carbonyl (C=O) groups excluding carboxylic acids is 1. The molecule has 2 amide bonds. The summed E-state index contributed by atoms with van der Waals surface area (Å²) >= 11 is 0. The van der Waals surface area contributed by atoms with Gasteiger partial charge >= 0.3 is 6.03 Å². The third-order valence-corrected chi connectivity index (χ3v) is 1.99. The minimum Gasteiger partial charge on any atom is -0.489 e. The minimum atomic E-state index is -0.407. The Kier molecular flexibility index (Phi) is 6.53. The summed E-state index contributed by atoms with van der Waals surface area (Å²) in [4.78, 5) is 16.3. The number of rotatable bonds is 0. The molecule has 17 heavy (non-hydrogen) atoms. The maximum atomic E-state index is 9.85. The predicted molar refractivity (Wildman–Crippen MR) is 69.1 cm³/mol. The summed E-state index contributed by atoms with van der Waals surface area (Å²) in [6.45, 7) is 0.705. The first-order chi connectivity index (χ1) is 7.86. The second kappa shape index (κ2) is 7.68. The average molecular weight is 253 g/mol. The maximum Gasteiger partial charge on any atom is 0.367 e. The van der Waals surface area contributed by atoms with E-state index in [0.29, 0.717) is 6.61 Å². The van der Waals surface area contributed by atoms with E-state index in [1.807, 2.05) is 30.3 Å².